The van der Waals surface area contributed by atoms with E-state index in [-0.39, 0.29) is 0 Å². The number of likely N-dealkylation sites (N-methyl/N-ethyl adjacent to an activating group) is 1. The Balaban J connectivity index is 1.94. The molecule has 112 valence electrons. The summed E-state index contributed by atoms with van der Waals surface area (Å²) in [5, 5.41) is 0. The molecule has 19 heavy (non-hydrogen) atoms. The molecular formula is C16H32N2O. The van der Waals surface area contributed by atoms with Crippen molar-refractivity contribution in [2.24, 2.45) is 17.6 Å². The molecule has 2 N–H and O–H groups in total. The standard InChI is InChI=1S/C16H32N2O/c1-4-18(11-14-6-5-9-19-14)16-10-13(12(2)3)7-8-15(16)17/h12-16H,4-11,17H2,1-3H3. The van der Waals surface area contributed by atoms with E-state index in [1.54, 1.807) is 0 Å². The Hall–Kier alpha value is -0.120. The highest BCUT2D eigenvalue weighted by Gasteiger charge is 2.34. The van der Waals surface area contributed by atoms with Gasteiger partial charge in [0.25, 0.3) is 0 Å². The van der Waals surface area contributed by atoms with Crippen LogP contribution in [-0.2, 0) is 4.74 Å². The number of nitrogens with two attached hydrogens (primary N) is 1. The van der Waals surface area contributed by atoms with E-state index in [9.17, 15) is 0 Å². The quantitative estimate of drug-likeness (QED) is 0.833. The van der Waals surface area contributed by atoms with Crippen molar-refractivity contribution in [3.63, 3.8) is 0 Å². The Morgan fingerprint density at radius 1 is 1.26 bits per heavy atom. The second kappa shape index (κ2) is 7.05. The van der Waals surface area contributed by atoms with Crippen LogP contribution in [0.1, 0.15) is 52.9 Å². The molecule has 0 aromatic carbocycles. The lowest BCUT2D eigenvalue weighted by Gasteiger charge is -2.42. The van der Waals surface area contributed by atoms with Crippen molar-refractivity contribution >= 4 is 0 Å². The van der Waals surface area contributed by atoms with Gasteiger partial charge in [-0.1, -0.05) is 20.8 Å². The average molecular weight is 268 g/mol. The zero-order chi connectivity index (χ0) is 13.8. The van der Waals surface area contributed by atoms with Gasteiger partial charge in [0, 0.05) is 25.2 Å². The van der Waals surface area contributed by atoms with E-state index >= 15 is 0 Å². The molecule has 3 heteroatoms. The van der Waals surface area contributed by atoms with E-state index in [1.165, 1.54) is 32.1 Å². The van der Waals surface area contributed by atoms with Crippen molar-refractivity contribution in [1.82, 2.24) is 4.90 Å². The highest BCUT2D eigenvalue weighted by molar-refractivity contribution is 4.91. The normalized spacial score (nSPS) is 36.3. The third-order valence-corrected chi connectivity index (χ3v) is 5.19. The van der Waals surface area contributed by atoms with Gasteiger partial charge in [-0.3, -0.25) is 4.90 Å². The molecule has 2 rings (SSSR count). The number of hydrogen-bond donors (Lipinski definition) is 1. The van der Waals surface area contributed by atoms with E-state index in [1.807, 2.05) is 0 Å². The fraction of sp³-hybridized carbons (Fsp3) is 1.00. The number of nitrogens with zero attached hydrogens (tertiary/aromatic N) is 1. The number of rotatable bonds is 5. The van der Waals surface area contributed by atoms with Crippen LogP contribution in [-0.4, -0.2) is 42.8 Å². The van der Waals surface area contributed by atoms with E-state index in [0.717, 1.165) is 31.5 Å². The molecule has 0 aromatic rings. The smallest absolute Gasteiger partial charge is 0.0702 e. The molecule has 0 radical (unpaired) electrons. The molecular weight excluding hydrogens is 236 g/mol. The summed E-state index contributed by atoms with van der Waals surface area (Å²) in [5.41, 5.74) is 6.41. The molecule has 2 aliphatic rings. The van der Waals surface area contributed by atoms with Gasteiger partial charge in [-0.25, -0.2) is 0 Å². The summed E-state index contributed by atoms with van der Waals surface area (Å²) < 4.78 is 5.80. The Morgan fingerprint density at radius 3 is 2.63 bits per heavy atom. The molecule has 0 bridgehead atoms. The second-order valence-corrected chi connectivity index (χ2v) is 6.77. The van der Waals surface area contributed by atoms with E-state index in [4.69, 9.17) is 10.5 Å². The molecule has 4 atom stereocenters. The van der Waals surface area contributed by atoms with Gasteiger partial charge in [0.2, 0.25) is 0 Å². The molecule has 1 heterocycles. The van der Waals surface area contributed by atoms with Gasteiger partial charge >= 0.3 is 0 Å². The van der Waals surface area contributed by atoms with Crippen molar-refractivity contribution in [3.8, 4) is 0 Å². The predicted molar refractivity (Wildman–Crippen MR) is 80.2 cm³/mol. The predicted octanol–water partition coefficient (Wildman–Crippen LogP) is 2.64. The topological polar surface area (TPSA) is 38.5 Å². The van der Waals surface area contributed by atoms with Gasteiger partial charge in [-0.05, 0) is 50.5 Å². The Morgan fingerprint density at radius 2 is 2.05 bits per heavy atom. The first-order chi connectivity index (χ1) is 9.11. The van der Waals surface area contributed by atoms with E-state index < -0.39 is 0 Å². The Bertz CT molecular complexity index is 263. The van der Waals surface area contributed by atoms with Gasteiger partial charge in [0.1, 0.15) is 0 Å². The first-order valence-corrected chi connectivity index (χ1v) is 8.23. The minimum Gasteiger partial charge on any atom is -0.377 e. The van der Waals surface area contributed by atoms with Gasteiger partial charge in [0.05, 0.1) is 6.10 Å². The first-order valence-electron chi connectivity index (χ1n) is 8.23. The maximum absolute atomic E-state index is 6.41. The van der Waals surface area contributed by atoms with Gasteiger partial charge in [-0.2, -0.15) is 0 Å². The summed E-state index contributed by atoms with van der Waals surface area (Å²) in [7, 11) is 0. The van der Waals surface area contributed by atoms with Crippen molar-refractivity contribution in [2.75, 3.05) is 19.7 Å². The molecule has 0 aromatic heterocycles. The van der Waals surface area contributed by atoms with Crippen LogP contribution >= 0.6 is 0 Å². The van der Waals surface area contributed by atoms with Crippen LogP contribution < -0.4 is 5.73 Å². The second-order valence-electron chi connectivity index (χ2n) is 6.77. The Labute approximate surface area is 118 Å². The summed E-state index contributed by atoms with van der Waals surface area (Å²) in [6.45, 7) is 10.1. The molecule has 1 aliphatic carbocycles. The van der Waals surface area contributed by atoms with E-state index in [0.29, 0.717) is 18.2 Å². The van der Waals surface area contributed by atoms with Crippen molar-refractivity contribution in [2.45, 2.75) is 71.1 Å². The maximum atomic E-state index is 6.41. The third kappa shape index (κ3) is 3.93. The molecule has 1 saturated heterocycles. The lowest BCUT2D eigenvalue weighted by molar-refractivity contribution is 0.0345. The molecule has 0 amide bonds. The monoisotopic (exact) mass is 268 g/mol. The van der Waals surface area contributed by atoms with Gasteiger partial charge in [0.15, 0.2) is 0 Å². The van der Waals surface area contributed by atoms with Crippen LogP contribution in [0.2, 0.25) is 0 Å². The minimum absolute atomic E-state index is 0.358. The summed E-state index contributed by atoms with van der Waals surface area (Å²) in [6.07, 6.45) is 6.69. The molecule has 0 spiro atoms. The zero-order valence-electron chi connectivity index (χ0n) is 13.0. The average Bonchev–Trinajstić information content (AvgIpc) is 2.89. The highest BCUT2D eigenvalue weighted by atomic mass is 16.5. The van der Waals surface area contributed by atoms with Crippen molar-refractivity contribution < 1.29 is 4.74 Å². The summed E-state index contributed by atoms with van der Waals surface area (Å²) >= 11 is 0. The highest BCUT2D eigenvalue weighted by Crippen LogP contribution is 2.32. The van der Waals surface area contributed by atoms with Crippen molar-refractivity contribution in [3.05, 3.63) is 0 Å². The van der Waals surface area contributed by atoms with Crippen LogP contribution in [0.4, 0.5) is 0 Å². The fourth-order valence-electron chi connectivity index (χ4n) is 3.78. The summed E-state index contributed by atoms with van der Waals surface area (Å²) in [5.74, 6) is 1.64. The van der Waals surface area contributed by atoms with Crippen LogP contribution in [0.3, 0.4) is 0 Å². The largest absolute Gasteiger partial charge is 0.377 e. The van der Waals surface area contributed by atoms with Crippen LogP contribution in [0, 0.1) is 11.8 Å². The zero-order valence-corrected chi connectivity index (χ0v) is 13.0. The molecule has 2 fully saturated rings. The van der Waals surface area contributed by atoms with Crippen LogP contribution in [0.15, 0.2) is 0 Å². The van der Waals surface area contributed by atoms with E-state index in [2.05, 4.69) is 25.7 Å². The maximum Gasteiger partial charge on any atom is 0.0702 e. The van der Waals surface area contributed by atoms with Crippen molar-refractivity contribution in [1.29, 1.82) is 0 Å². The lowest BCUT2D eigenvalue weighted by Crippen LogP contribution is -2.53. The van der Waals surface area contributed by atoms with Gasteiger partial charge in [-0.15, -0.1) is 0 Å². The number of ether oxygens (including phenoxy) is 1. The third-order valence-electron chi connectivity index (χ3n) is 5.19. The summed E-state index contributed by atoms with van der Waals surface area (Å²) in [6, 6.07) is 0.923. The Kier molecular flexibility index (Phi) is 5.67. The summed E-state index contributed by atoms with van der Waals surface area (Å²) in [4.78, 5) is 2.59. The SMILES string of the molecule is CCN(CC1CCCO1)C1CC(C(C)C)CCC1N. The minimum atomic E-state index is 0.358. The number of hydrogen-bond acceptors (Lipinski definition) is 3. The van der Waals surface area contributed by atoms with Crippen LogP contribution in [0.25, 0.3) is 0 Å². The van der Waals surface area contributed by atoms with Gasteiger partial charge < -0.3 is 10.5 Å². The molecule has 1 aliphatic heterocycles. The molecule has 4 unspecified atom stereocenters. The molecule has 1 saturated carbocycles. The lowest BCUT2D eigenvalue weighted by atomic mass is 9.76. The molecule has 3 nitrogen and oxygen atoms in total. The first kappa shape index (κ1) is 15.3. The fourth-order valence-corrected chi connectivity index (χ4v) is 3.78. The van der Waals surface area contributed by atoms with Crippen LogP contribution in [0.5, 0.6) is 0 Å².